The second-order valence-electron chi connectivity index (χ2n) is 6.19. The maximum atomic E-state index is 12.6. The van der Waals surface area contributed by atoms with Crippen LogP contribution in [-0.4, -0.2) is 38.9 Å². The third kappa shape index (κ3) is 2.66. The number of carbonyl (C=O) groups excluding carboxylic acids is 2. The number of nitrogens with one attached hydrogen (secondary N) is 1. The van der Waals surface area contributed by atoms with Gasteiger partial charge in [-0.2, -0.15) is 4.98 Å². The highest BCUT2D eigenvalue weighted by Gasteiger charge is 2.43. The van der Waals surface area contributed by atoms with Crippen molar-refractivity contribution in [2.45, 2.75) is 53.2 Å². The molecule has 2 heterocycles. The van der Waals surface area contributed by atoms with Crippen molar-refractivity contribution in [1.82, 2.24) is 20.4 Å². The monoisotopic (exact) mass is 280 g/mol. The summed E-state index contributed by atoms with van der Waals surface area (Å²) in [6, 6.07) is -1.09. The number of carbonyl (C=O) groups is 2. The van der Waals surface area contributed by atoms with Crippen molar-refractivity contribution in [3.63, 3.8) is 0 Å². The van der Waals surface area contributed by atoms with Crippen molar-refractivity contribution in [3.8, 4) is 0 Å². The minimum absolute atomic E-state index is 0.125. The van der Waals surface area contributed by atoms with Gasteiger partial charge < -0.3 is 14.7 Å². The zero-order valence-corrected chi connectivity index (χ0v) is 12.4. The van der Waals surface area contributed by atoms with Gasteiger partial charge in [-0.15, -0.1) is 0 Å². The van der Waals surface area contributed by atoms with Gasteiger partial charge in [-0.1, -0.05) is 25.9 Å². The quantitative estimate of drug-likeness (QED) is 0.858. The molecule has 2 rings (SSSR count). The molecule has 1 aliphatic heterocycles. The lowest BCUT2D eigenvalue weighted by Gasteiger charge is -2.41. The van der Waals surface area contributed by atoms with Gasteiger partial charge in [0.1, 0.15) is 18.6 Å². The normalized spacial score (nSPS) is 23.9. The number of rotatable bonds is 2. The fourth-order valence-corrected chi connectivity index (χ4v) is 2.17. The summed E-state index contributed by atoms with van der Waals surface area (Å²) in [4.78, 5) is 30.2. The van der Waals surface area contributed by atoms with Crippen LogP contribution in [0.2, 0.25) is 0 Å². The number of amides is 2. The summed E-state index contributed by atoms with van der Waals surface area (Å²) in [5.74, 6) is 0.556. The molecule has 110 valence electrons. The first kappa shape index (κ1) is 14.5. The first-order valence-electron chi connectivity index (χ1n) is 6.60. The lowest BCUT2D eigenvalue weighted by molar-refractivity contribution is -0.152. The van der Waals surface area contributed by atoms with Crippen LogP contribution in [0.1, 0.15) is 39.4 Å². The second kappa shape index (κ2) is 4.88. The standard InChI is InChI=1S/C13H20N4O3/c1-7-11(18)15-10(13(3,4)5)12(19)17(7)6-9-14-8(2)16-20-9/h7,10H,6H2,1-5H3,(H,15,18). The molecule has 0 aromatic carbocycles. The highest BCUT2D eigenvalue weighted by molar-refractivity contribution is 5.97. The van der Waals surface area contributed by atoms with Gasteiger partial charge in [0.15, 0.2) is 5.82 Å². The lowest BCUT2D eigenvalue weighted by atomic mass is 9.84. The van der Waals surface area contributed by atoms with Crippen molar-refractivity contribution in [3.05, 3.63) is 11.7 Å². The maximum Gasteiger partial charge on any atom is 0.246 e. The Morgan fingerprint density at radius 3 is 2.50 bits per heavy atom. The first-order chi connectivity index (χ1) is 9.20. The Morgan fingerprint density at radius 2 is 2.00 bits per heavy atom. The van der Waals surface area contributed by atoms with Gasteiger partial charge in [-0.05, 0) is 19.3 Å². The van der Waals surface area contributed by atoms with E-state index in [2.05, 4.69) is 15.5 Å². The molecule has 2 unspecified atom stereocenters. The van der Waals surface area contributed by atoms with E-state index >= 15 is 0 Å². The first-order valence-corrected chi connectivity index (χ1v) is 6.60. The van der Waals surface area contributed by atoms with Gasteiger partial charge in [0.25, 0.3) is 0 Å². The molecule has 2 atom stereocenters. The molecule has 0 saturated carbocycles. The minimum atomic E-state index is -0.548. The predicted molar refractivity (Wildman–Crippen MR) is 70.4 cm³/mol. The van der Waals surface area contributed by atoms with Gasteiger partial charge in [0, 0.05) is 0 Å². The number of piperazine rings is 1. The van der Waals surface area contributed by atoms with Crippen LogP contribution in [0.4, 0.5) is 0 Å². The summed E-state index contributed by atoms with van der Waals surface area (Å²) in [6.45, 7) is 9.30. The summed E-state index contributed by atoms with van der Waals surface area (Å²) in [7, 11) is 0. The molecule has 1 N–H and O–H groups in total. The Bertz CT molecular complexity index is 532. The van der Waals surface area contributed by atoms with Crippen LogP contribution in [0.3, 0.4) is 0 Å². The third-order valence-corrected chi connectivity index (χ3v) is 3.40. The topological polar surface area (TPSA) is 88.3 Å². The van der Waals surface area contributed by atoms with E-state index in [-0.39, 0.29) is 23.8 Å². The van der Waals surface area contributed by atoms with Gasteiger partial charge in [-0.25, -0.2) is 0 Å². The van der Waals surface area contributed by atoms with E-state index in [0.29, 0.717) is 11.7 Å². The van der Waals surface area contributed by atoms with Crippen LogP contribution in [0.5, 0.6) is 0 Å². The predicted octanol–water partition coefficient (Wildman–Crippen LogP) is 0.640. The zero-order chi connectivity index (χ0) is 15.1. The van der Waals surface area contributed by atoms with E-state index < -0.39 is 12.1 Å². The smallest absolute Gasteiger partial charge is 0.246 e. The Balaban J connectivity index is 2.24. The molecule has 0 bridgehead atoms. The van der Waals surface area contributed by atoms with E-state index in [1.54, 1.807) is 13.8 Å². The SMILES string of the molecule is Cc1noc(CN2C(=O)C(C(C)(C)C)NC(=O)C2C)n1. The van der Waals surface area contributed by atoms with Crippen LogP contribution in [-0.2, 0) is 16.1 Å². The molecule has 1 aromatic rings. The van der Waals surface area contributed by atoms with Crippen LogP contribution in [0, 0.1) is 12.3 Å². The van der Waals surface area contributed by atoms with E-state index in [4.69, 9.17) is 4.52 Å². The van der Waals surface area contributed by atoms with E-state index in [1.807, 2.05) is 20.8 Å². The molecule has 1 aromatic heterocycles. The highest BCUT2D eigenvalue weighted by Crippen LogP contribution is 2.25. The van der Waals surface area contributed by atoms with Gasteiger partial charge in [0.05, 0.1) is 0 Å². The molecule has 7 heteroatoms. The minimum Gasteiger partial charge on any atom is -0.342 e. The molecule has 7 nitrogen and oxygen atoms in total. The van der Waals surface area contributed by atoms with Crippen LogP contribution < -0.4 is 5.32 Å². The molecular weight excluding hydrogens is 260 g/mol. The van der Waals surface area contributed by atoms with Crippen LogP contribution in [0.25, 0.3) is 0 Å². The highest BCUT2D eigenvalue weighted by atomic mass is 16.5. The lowest BCUT2D eigenvalue weighted by Crippen LogP contribution is -2.65. The molecule has 1 fully saturated rings. The molecule has 1 aliphatic rings. The summed E-state index contributed by atoms with van der Waals surface area (Å²) < 4.78 is 5.03. The van der Waals surface area contributed by atoms with Gasteiger partial charge in [-0.3, -0.25) is 9.59 Å². The fraction of sp³-hybridized carbons (Fsp3) is 0.692. The van der Waals surface area contributed by atoms with Crippen molar-refractivity contribution in [2.24, 2.45) is 5.41 Å². The van der Waals surface area contributed by atoms with Crippen molar-refractivity contribution < 1.29 is 14.1 Å². The molecule has 1 saturated heterocycles. The molecule has 0 aliphatic carbocycles. The number of aromatic nitrogens is 2. The summed E-state index contributed by atoms with van der Waals surface area (Å²) in [6.07, 6.45) is 0. The maximum absolute atomic E-state index is 12.6. The van der Waals surface area contributed by atoms with Crippen LogP contribution in [0.15, 0.2) is 4.52 Å². The summed E-state index contributed by atoms with van der Waals surface area (Å²) >= 11 is 0. The third-order valence-electron chi connectivity index (χ3n) is 3.40. The van der Waals surface area contributed by atoms with E-state index in [9.17, 15) is 9.59 Å². The molecule has 20 heavy (non-hydrogen) atoms. The number of hydrogen-bond acceptors (Lipinski definition) is 5. The average molecular weight is 280 g/mol. The average Bonchev–Trinajstić information content (AvgIpc) is 2.73. The molecule has 2 amide bonds. The number of nitrogens with zero attached hydrogens (tertiary/aromatic N) is 3. The fourth-order valence-electron chi connectivity index (χ4n) is 2.17. The Kier molecular flexibility index (Phi) is 3.54. The number of aryl methyl sites for hydroxylation is 1. The molecule has 0 spiro atoms. The molecule has 0 radical (unpaired) electrons. The molecular formula is C13H20N4O3. The largest absolute Gasteiger partial charge is 0.342 e. The number of hydrogen-bond donors (Lipinski definition) is 1. The van der Waals surface area contributed by atoms with Crippen molar-refractivity contribution >= 4 is 11.8 Å². The zero-order valence-electron chi connectivity index (χ0n) is 12.4. The van der Waals surface area contributed by atoms with E-state index in [1.165, 1.54) is 4.90 Å². The summed E-state index contributed by atoms with van der Waals surface area (Å²) in [5, 5.41) is 6.47. The second-order valence-corrected chi connectivity index (χ2v) is 6.19. The van der Waals surface area contributed by atoms with E-state index in [0.717, 1.165) is 0 Å². The van der Waals surface area contributed by atoms with Crippen LogP contribution >= 0.6 is 0 Å². The Labute approximate surface area is 117 Å². The Morgan fingerprint density at radius 1 is 1.35 bits per heavy atom. The Hall–Kier alpha value is -1.92. The van der Waals surface area contributed by atoms with Crippen molar-refractivity contribution in [2.75, 3.05) is 0 Å². The summed E-state index contributed by atoms with van der Waals surface area (Å²) in [5.41, 5.74) is -0.351. The van der Waals surface area contributed by atoms with Gasteiger partial charge >= 0.3 is 0 Å². The van der Waals surface area contributed by atoms with Crippen molar-refractivity contribution in [1.29, 1.82) is 0 Å². The van der Waals surface area contributed by atoms with Gasteiger partial charge in [0.2, 0.25) is 17.7 Å².